The maximum Gasteiger partial charge on any atom is 0.225 e. The van der Waals surface area contributed by atoms with Gasteiger partial charge in [-0.25, -0.2) is 9.58 Å². The van der Waals surface area contributed by atoms with Crippen LogP contribution in [0.2, 0.25) is 0 Å². The molecule has 2 aliphatic heterocycles. The average Bonchev–Trinajstić information content (AvgIpc) is 3.73. The molecule has 1 unspecified atom stereocenters. The Labute approximate surface area is 375 Å². The van der Waals surface area contributed by atoms with Crippen LogP contribution in [0.3, 0.4) is 0 Å². The first-order valence-electron chi connectivity index (χ1n) is 21.3. The number of hydrogen-bond acceptors (Lipinski definition) is 2. The number of ether oxygens (including phenoxy) is 1. The van der Waals surface area contributed by atoms with Gasteiger partial charge in [0.25, 0.3) is 0 Å². The van der Waals surface area contributed by atoms with Crippen LogP contribution >= 0.6 is 0 Å². The number of hydrogen-bond donors (Lipinski definition) is 0. The first kappa shape index (κ1) is 41.1. The number of benzene rings is 6. The van der Waals surface area contributed by atoms with Crippen molar-refractivity contribution in [1.29, 1.82) is 0 Å². The van der Waals surface area contributed by atoms with E-state index >= 15 is 0 Å². The van der Waals surface area contributed by atoms with Gasteiger partial charge < -0.3 is 9.30 Å². The number of quaternary nitrogens is 2. The molecule has 0 bridgehead atoms. The fraction of sp³-hybridized carbons (Fsp3) is 0.236. The molecule has 6 heteroatoms. The van der Waals surface area contributed by atoms with Crippen molar-refractivity contribution in [3.05, 3.63) is 174 Å². The molecule has 0 spiro atoms. The Morgan fingerprint density at radius 1 is 0.656 bits per heavy atom. The summed E-state index contributed by atoms with van der Waals surface area (Å²) < 4.78 is 10.4. The van der Waals surface area contributed by atoms with Crippen molar-refractivity contribution in [2.24, 2.45) is 0 Å². The third kappa shape index (κ3) is 6.34. The van der Waals surface area contributed by atoms with E-state index in [2.05, 4.69) is 208 Å². The van der Waals surface area contributed by atoms with Gasteiger partial charge in [0.2, 0.25) is 11.4 Å². The zero-order chi connectivity index (χ0) is 41.9. The maximum absolute atomic E-state index is 6.99. The molecule has 310 valence electrons. The van der Waals surface area contributed by atoms with Gasteiger partial charge in [-0.15, -0.1) is 29.1 Å². The number of aromatic nitrogens is 2. The summed E-state index contributed by atoms with van der Waals surface area (Å²) in [6.45, 7) is 25.0. The molecule has 6 aromatic carbocycles. The van der Waals surface area contributed by atoms with E-state index in [1.165, 1.54) is 50.4 Å². The maximum atomic E-state index is 6.99. The molecule has 1 fully saturated rings. The van der Waals surface area contributed by atoms with E-state index in [1.807, 2.05) is 12.3 Å². The minimum absolute atomic E-state index is 0. The van der Waals surface area contributed by atoms with Crippen molar-refractivity contribution in [1.82, 2.24) is 18.7 Å². The summed E-state index contributed by atoms with van der Waals surface area (Å²) in [6, 6.07) is 51.8. The Bertz CT molecular complexity index is 3040. The van der Waals surface area contributed by atoms with Crippen LogP contribution in [-0.2, 0) is 31.9 Å². The van der Waals surface area contributed by atoms with Gasteiger partial charge >= 0.3 is 0 Å². The van der Waals surface area contributed by atoms with Crippen LogP contribution in [0.25, 0.3) is 38.8 Å². The third-order valence-electron chi connectivity index (χ3n) is 12.9. The molecule has 0 aliphatic carbocycles. The van der Waals surface area contributed by atoms with Gasteiger partial charge in [-0.05, 0) is 87.6 Å². The van der Waals surface area contributed by atoms with Gasteiger partial charge in [0.15, 0.2) is 12.4 Å². The molecule has 4 heterocycles. The first-order valence-corrected chi connectivity index (χ1v) is 21.3. The minimum Gasteiger partial charge on any atom is -0.509 e. The largest absolute Gasteiger partial charge is 0.509 e. The Kier molecular flexibility index (Phi) is 9.68. The Morgan fingerprint density at radius 2 is 1.34 bits per heavy atom. The fourth-order valence-corrected chi connectivity index (χ4v) is 9.39. The SMILES string of the molecule is Cc1cc2c(cc1C)[N@@+]1(c3cccc(C(C)(C)C)c3)[CH-][N+]21c1[c-]c(Oc2[c-]c3c(cc2)c2ccccc2n3-c2cc(C(C)(C)C)ccn2)cc(-c2ccccc2C(C)C)c1.[Pt]. The predicted molar refractivity (Wildman–Crippen MR) is 249 cm³/mol. The number of pyridine rings is 1. The van der Waals surface area contributed by atoms with Crippen molar-refractivity contribution in [2.75, 3.05) is 0 Å². The van der Waals surface area contributed by atoms with Crippen molar-refractivity contribution in [2.45, 2.75) is 86.0 Å². The smallest absolute Gasteiger partial charge is 0.225 e. The third-order valence-corrected chi connectivity index (χ3v) is 12.9. The van der Waals surface area contributed by atoms with Crippen LogP contribution in [0.5, 0.6) is 11.5 Å². The molecular weight excluding hydrogens is 928 g/mol. The molecule has 0 amide bonds. The molecule has 0 saturated carbocycles. The average molecular weight is 981 g/mol. The summed E-state index contributed by atoms with van der Waals surface area (Å²) in [5, 5.41) is 2.25. The van der Waals surface area contributed by atoms with Crippen LogP contribution in [-0.4, -0.2) is 9.55 Å². The second kappa shape index (κ2) is 14.4. The van der Waals surface area contributed by atoms with E-state index in [-0.39, 0.29) is 31.9 Å². The minimum atomic E-state index is -0.0254. The van der Waals surface area contributed by atoms with Crippen LogP contribution in [0, 0.1) is 32.6 Å². The van der Waals surface area contributed by atoms with E-state index in [9.17, 15) is 0 Å². The Hall–Kier alpha value is -5.32. The van der Waals surface area contributed by atoms with Gasteiger partial charge in [-0.3, -0.25) is 0 Å². The molecule has 0 radical (unpaired) electrons. The number of fused-ring (bicyclic) bond motifs is 7. The zero-order valence-corrected chi connectivity index (χ0v) is 39.1. The fourth-order valence-electron chi connectivity index (χ4n) is 9.39. The predicted octanol–water partition coefficient (Wildman–Crippen LogP) is 14.9. The van der Waals surface area contributed by atoms with E-state index in [1.54, 1.807) is 0 Å². The molecule has 0 N–H and O–H groups in total. The van der Waals surface area contributed by atoms with Crippen molar-refractivity contribution in [3.8, 4) is 28.4 Å². The van der Waals surface area contributed by atoms with Crippen molar-refractivity contribution >= 4 is 44.6 Å². The summed E-state index contributed by atoms with van der Waals surface area (Å²) >= 11 is 0. The van der Waals surface area contributed by atoms with E-state index in [0.29, 0.717) is 26.6 Å². The zero-order valence-electron chi connectivity index (χ0n) is 36.8. The Morgan fingerprint density at radius 3 is 2.08 bits per heavy atom. The molecule has 61 heavy (non-hydrogen) atoms. The standard InChI is InChI=1S/C55H53N4O.Pt/c1-35(2)45-18-11-12-19-46(45)38-28-42(59-34-58(59,51-26-36(3)37(4)27-52(51)59)41-17-15-16-39(30-41)54(5,6)7)32-44(29-38)60-43-22-23-48-47-20-13-14-21-49(47)57(50(48)33-43)53-31-40(24-25-56-53)55(8,9)10;/h11-31,34-35H,1-10H3;/q-1;/t58-,59?;/m0./s1. The van der Waals surface area contributed by atoms with Gasteiger partial charge in [0.05, 0.1) is 5.69 Å². The second-order valence-electron chi connectivity index (χ2n) is 19.3. The van der Waals surface area contributed by atoms with Crippen molar-refractivity contribution in [3.63, 3.8) is 0 Å². The number of rotatable bonds is 7. The first-order chi connectivity index (χ1) is 28.6. The molecule has 8 aromatic rings. The topological polar surface area (TPSA) is 27.1 Å². The summed E-state index contributed by atoms with van der Waals surface area (Å²) in [5.41, 5.74) is 15.6. The molecule has 1 saturated heterocycles. The van der Waals surface area contributed by atoms with E-state index in [4.69, 9.17) is 9.72 Å². The van der Waals surface area contributed by atoms with Crippen LogP contribution in [0.15, 0.2) is 128 Å². The molecule has 2 aromatic heterocycles. The van der Waals surface area contributed by atoms with Gasteiger partial charge in [0, 0.05) is 68.5 Å². The number of para-hydroxylation sites is 1. The Balaban J connectivity index is 0.00000476. The normalized spacial score (nSPS) is 18.1. The van der Waals surface area contributed by atoms with Gasteiger partial charge in [-0.2, -0.15) is 10.7 Å². The summed E-state index contributed by atoms with van der Waals surface area (Å²) in [6.07, 6.45) is 1.92. The number of nitrogens with zero attached hydrogens (tertiary/aromatic N) is 4. The van der Waals surface area contributed by atoms with Gasteiger partial charge in [-0.1, -0.05) is 128 Å². The molecule has 2 aliphatic rings. The molecule has 10 rings (SSSR count). The molecular formula is C55H53N4OPt-. The summed E-state index contributed by atoms with van der Waals surface area (Å²) in [4.78, 5) is 4.90. The molecule has 2 atom stereocenters. The quantitative estimate of drug-likeness (QED) is 0.0904. The van der Waals surface area contributed by atoms with Gasteiger partial charge in [0.1, 0.15) is 5.82 Å². The van der Waals surface area contributed by atoms with Crippen LogP contribution < -0.4 is 13.9 Å². The second-order valence-corrected chi connectivity index (χ2v) is 19.3. The monoisotopic (exact) mass is 980 g/mol. The van der Waals surface area contributed by atoms with Crippen LogP contribution in [0.4, 0.5) is 22.7 Å². The molecule has 5 nitrogen and oxygen atoms in total. The van der Waals surface area contributed by atoms with Crippen LogP contribution in [0.1, 0.15) is 89.1 Å². The number of aryl methyl sites for hydroxylation is 2. The summed E-state index contributed by atoms with van der Waals surface area (Å²) in [5.74, 6) is 2.48. The van der Waals surface area contributed by atoms with Crippen molar-refractivity contribution < 1.29 is 25.8 Å². The van der Waals surface area contributed by atoms with E-state index < -0.39 is 0 Å². The van der Waals surface area contributed by atoms with E-state index in [0.717, 1.165) is 38.9 Å². The summed E-state index contributed by atoms with van der Waals surface area (Å²) in [7, 11) is 0.